The third-order valence-electron chi connectivity index (χ3n) is 2.81. The summed E-state index contributed by atoms with van der Waals surface area (Å²) in [6.07, 6.45) is 2.74. The van der Waals surface area contributed by atoms with E-state index in [1.54, 1.807) is 0 Å². The van der Waals surface area contributed by atoms with Crippen molar-refractivity contribution in [3.05, 3.63) is 0 Å². The predicted octanol–water partition coefficient (Wildman–Crippen LogP) is 2.60. The number of hydrogen-bond acceptors (Lipinski definition) is 3. The van der Waals surface area contributed by atoms with Crippen LogP contribution in [0.3, 0.4) is 0 Å². The van der Waals surface area contributed by atoms with Gasteiger partial charge >= 0.3 is 6.09 Å². The Morgan fingerprint density at radius 3 is 2.41 bits per heavy atom. The molecule has 0 spiro atoms. The maximum atomic E-state index is 11.5. The van der Waals surface area contributed by atoms with Gasteiger partial charge in [-0.3, -0.25) is 4.99 Å². The average molecular weight is 314 g/mol. The Morgan fingerprint density at radius 2 is 1.86 bits per heavy atom. The molecular weight excluding hydrogens is 280 g/mol. The van der Waals surface area contributed by atoms with Gasteiger partial charge < -0.3 is 20.3 Å². The fourth-order valence-corrected chi connectivity index (χ4v) is 1.74. The highest BCUT2D eigenvalue weighted by molar-refractivity contribution is 5.79. The van der Waals surface area contributed by atoms with E-state index in [1.165, 1.54) is 6.42 Å². The van der Waals surface area contributed by atoms with Gasteiger partial charge in [-0.15, -0.1) is 0 Å². The minimum atomic E-state index is -0.456. The number of hydrogen-bond donors (Lipinski definition) is 2. The highest BCUT2D eigenvalue weighted by Gasteiger charge is 2.15. The summed E-state index contributed by atoms with van der Waals surface area (Å²) in [5.74, 6) is 0.924. The summed E-state index contributed by atoms with van der Waals surface area (Å²) in [5.41, 5.74) is -0.456. The van der Waals surface area contributed by atoms with Gasteiger partial charge in [-0.25, -0.2) is 4.79 Å². The second kappa shape index (κ2) is 11.2. The van der Waals surface area contributed by atoms with E-state index in [2.05, 4.69) is 41.4 Å². The molecule has 0 aromatic heterocycles. The second-order valence-electron chi connectivity index (χ2n) is 6.29. The van der Waals surface area contributed by atoms with Crippen molar-refractivity contribution < 1.29 is 9.53 Å². The second-order valence-corrected chi connectivity index (χ2v) is 6.29. The first-order valence-electron chi connectivity index (χ1n) is 8.26. The van der Waals surface area contributed by atoms with Crippen LogP contribution in [-0.4, -0.2) is 55.8 Å². The molecule has 0 unspecified atom stereocenters. The van der Waals surface area contributed by atoms with Crippen molar-refractivity contribution in [3.63, 3.8) is 0 Å². The topological polar surface area (TPSA) is 66.0 Å². The Balaban J connectivity index is 4.06. The maximum Gasteiger partial charge on any atom is 0.407 e. The molecule has 0 aromatic carbocycles. The lowest BCUT2D eigenvalue weighted by Crippen LogP contribution is -2.39. The number of unbranched alkanes of at least 4 members (excludes halogenated alkanes) is 1. The lowest BCUT2D eigenvalue weighted by atomic mass is 10.2. The SMILES string of the molecule is CCCCN(C)C(=NCCCNC(=O)OC(C)(C)C)NCC. The van der Waals surface area contributed by atoms with Crippen LogP contribution in [0.5, 0.6) is 0 Å². The van der Waals surface area contributed by atoms with Crippen LogP contribution in [0.25, 0.3) is 0 Å². The molecule has 0 radical (unpaired) electrons. The molecule has 2 N–H and O–H groups in total. The Morgan fingerprint density at radius 1 is 1.18 bits per heavy atom. The number of aliphatic imine (C=N–C) groups is 1. The van der Waals surface area contributed by atoms with E-state index >= 15 is 0 Å². The van der Waals surface area contributed by atoms with Crippen molar-refractivity contribution in [2.24, 2.45) is 4.99 Å². The summed E-state index contributed by atoms with van der Waals surface area (Å²) >= 11 is 0. The van der Waals surface area contributed by atoms with Crippen molar-refractivity contribution >= 4 is 12.1 Å². The summed E-state index contributed by atoms with van der Waals surface area (Å²) in [5, 5.41) is 6.03. The van der Waals surface area contributed by atoms with Gasteiger partial charge in [0.05, 0.1) is 0 Å². The first-order chi connectivity index (χ1) is 10.3. The number of alkyl carbamates (subject to hydrolysis) is 1. The maximum absolute atomic E-state index is 11.5. The predicted molar refractivity (Wildman–Crippen MR) is 92.4 cm³/mol. The zero-order valence-electron chi connectivity index (χ0n) is 15.2. The largest absolute Gasteiger partial charge is 0.444 e. The number of guanidine groups is 1. The van der Waals surface area contributed by atoms with E-state index in [9.17, 15) is 4.79 Å². The third kappa shape index (κ3) is 11.2. The van der Waals surface area contributed by atoms with Crippen LogP contribution in [0, 0.1) is 0 Å². The van der Waals surface area contributed by atoms with E-state index in [4.69, 9.17) is 4.74 Å². The van der Waals surface area contributed by atoms with Crippen molar-refractivity contribution in [3.8, 4) is 0 Å². The Kier molecular flexibility index (Phi) is 10.4. The molecule has 0 heterocycles. The fourth-order valence-electron chi connectivity index (χ4n) is 1.74. The molecule has 1 amide bonds. The quantitative estimate of drug-likeness (QED) is 0.410. The monoisotopic (exact) mass is 314 g/mol. The smallest absolute Gasteiger partial charge is 0.407 e. The summed E-state index contributed by atoms with van der Waals surface area (Å²) in [4.78, 5) is 18.2. The van der Waals surface area contributed by atoms with Crippen LogP contribution in [0.4, 0.5) is 4.79 Å². The molecule has 6 heteroatoms. The van der Waals surface area contributed by atoms with Gasteiger partial charge in [0.25, 0.3) is 0 Å². The first-order valence-corrected chi connectivity index (χ1v) is 8.26. The summed E-state index contributed by atoms with van der Waals surface area (Å²) < 4.78 is 5.18. The molecule has 0 saturated carbocycles. The van der Waals surface area contributed by atoms with Crippen molar-refractivity contribution in [2.75, 3.05) is 33.2 Å². The van der Waals surface area contributed by atoms with Crippen LogP contribution in [-0.2, 0) is 4.74 Å². The molecular formula is C16H34N4O2. The zero-order chi connectivity index (χ0) is 17.0. The minimum absolute atomic E-state index is 0.372. The van der Waals surface area contributed by atoms with Crippen LogP contribution < -0.4 is 10.6 Å². The third-order valence-corrected chi connectivity index (χ3v) is 2.81. The van der Waals surface area contributed by atoms with Gasteiger partial charge in [-0.2, -0.15) is 0 Å². The van der Waals surface area contributed by atoms with Gasteiger partial charge in [-0.05, 0) is 40.5 Å². The average Bonchev–Trinajstić information content (AvgIpc) is 2.41. The number of carbonyl (C=O) groups is 1. The highest BCUT2D eigenvalue weighted by atomic mass is 16.6. The Bertz CT molecular complexity index is 338. The molecule has 6 nitrogen and oxygen atoms in total. The molecule has 22 heavy (non-hydrogen) atoms. The first kappa shape index (κ1) is 20.5. The van der Waals surface area contributed by atoms with Gasteiger partial charge in [0.2, 0.25) is 0 Å². The molecule has 0 rings (SSSR count). The van der Waals surface area contributed by atoms with Gasteiger partial charge in [0.1, 0.15) is 5.60 Å². The van der Waals surface area contributed by atoms with E-state index in [0.717, 1.165) is 31.9 Å². The zero-order valence-corrected chi connectivity index (χ0v) is 15.2. The number of carbonyl (C=O) groups excluding carboxylic acids is 1. The summed E-state index contributed by atoms with van der Waals surface area (Å²) in [6.45, 7) is 12.9. The Labute approximate surface area is 135 Å². The lowest BCUT2D eigenvalue weighted by Gasteiger charge is -2.22. The van der Waals surface area contributed by atoms with Crippen molar-refractivity contribution in [2.45, 2.75) is 59.5 Å². The van der Waals surface area contributed by atoms with E-state index in [-0.39, 0.29) is 6.09 Å². The van der Waals surface area contributed by atoms with E-state index in [1.807, 2.05) is 20.8 Å². The molecule has 0 aliphatic carbocycles. The van der Waals surface area contributed by atoms with Crippen LogP contribution in [0.2, 0.25) is 0 Å². The summed E-state index contributed by atoms with van der Waals surface area (Å²) in [7, 11) is 2.05. The molecule has 0 aliphatic heterocycles. The van der Waals surface area contributed by atoms with Crippen molar-refractivity contribution in [1.29, 1.82) is 0 Å². The Hall–Kier alpha value is -1.46. The summed E-state index contributed by atoms with van der Waals surface area (Å²) in [6, 6.07) is 0. The highest BCUT2D eigenvalue weighted by Crippen LogP contribution is 2.06. The number of nitrogens with zero attached hydrogens (tertiary/aromatic N) is 2. The number of ether oxygens (including phenoxy) is 1. The fraction of sp³-hybridized carbons (Fsp3) is 0.875. The lowest BCUT2D eigenvalue weighted by molar-refractivity contribution is 0.0527. The number of rotatable bonds is 8. The number of nitrogens with one attached hydrogen (secondary N) is 2. The molecule has 130 valence electrons. The molecule has 0 aliphatic rings. The van der Waals surface area contributed by atoms with Crippen LogP contribution >= 0.6 is 0 Å². The van der Waals surface area contributed by atoms with Crippen LogP contribution in [0.1, 0.15) is 53.9 Å². The van der Waals surface area contributed by atoms with E-state index in [0.29, 0.717) is 13.1 Å². The number of amides is 1. The molecule has 0 aromatic rings. The van der Waals surface area contributed by atoms with Crippen LogP contribution in [0.15, 0.2) is 4.99 Å². The molecule has 0 atom stereocenters. The normalized spacial score (nSPS) is 12.0. The standard InChI is InChI=1S/C16H34N4O2/c1-7-9-13-20(6)14(17-8-2)18-11-10-12-19-15(21)22-16(3,4)5/h7-13H2,1-6H3,(H,17,18)(H,19,21). The minimum Gasteiger partial charge on any atom is -0.444 e. The molecule has 0 fully saturated rings. The van der Waals surface area contributed by atoms with Gasteiger partial charge in [0.15, 0.2) is 5.96 Å². The molecule has 0 saturated heterocycles. The van der Waals surface area contributed by atoms with Crippen molar-refractivity contribution in [1.82, 2.24) is 15.5 Å². The molecule has 0 bridgehead atoms. The van der Waals surface area contributed by atoms with E-state index < -0.39 is 5.60 Å². The van der Waals surface area contributed by atoms with Gasteiger partial charge in [-0.1, -0.05) is 13.3 Å². The van der Waals surface area contributed by atoms with Gasteiger partial charge in [0, 0.05) is 33.2 Å².